The third kappa shape index (κ3) is 4.72. The third-order valence-electron chi connectivity index (χ3n) is 3.50. The minimum Gasteiger partial charge on any atom is -0.497 e. The molecule has 0 radical (unpaired) electrons. The molecule has 0 bridgehead atoms. The van der Waals surface area contributed by atoms with E-state index < -0.39 is 4.92 Å². The van der Waals surface area contributed by atoms with Crippen molar-refractivity contribution in [3.05, 3.63) is 63.7 Å². The Bertz CT molecular complexity index is 999. The summed E-state index contributed by atoms with van der Waals surface area (Å²) in [5.41, 5.74) is 1.19. The van der Waals surface area contributed by atoms with Crippen LogP contribution in [-0.4, -0.2) is 22.2 Å². The van der Waals surface area contributed by atoms with Crippen molar-refractivity contribution >= 4 is 33.9 Å². The van der Waals surface area contributed by atoms with Gasteiger partial charge in [0.05, 0.1) is 17.6 Å². The maximum absolute atomic E-state index is 10.8. The van der Waals surface area contributed by atoms with Crippen molar-refractivity contribution in [2.45, 2.75) is 15.8 Å². The maximum Gasteiger partial charge on any atom is 0.270 e. The molecule has 3 aromatic rings. The largest absolute Gasteiger partial charge is 0.497 e. The molecule has 1 aromatic heterocycles. The van der Waals surface area contributed by atoms with Crippen LogP contribution in [0.5, 0.6) is 5.75 Å². The average molecular weight is 399 g/mol. The number of nitrogens with one attached hydrogen (secondary N) is 1. The predicted octanol–water partition coefficient (Wildman–Crippen LogP) is 4.09. The highest BCUT2D eigenvalue weighted by molar-refractivity contribution is 8.01. The molecule has 0 aliphatic heterocycles. The van der Waals surface area contributed by atoms with Crippen molar-refractivity contribution in [2.75, 3.05) is 12.4 Å². The number of nitrogens with zero attached hydrogens (tertiary/aromatic N) is 4. The Hall–Kier alpha value is -3.16. The second kappa shape index (κ2) is 8.48. The number of methoxy groups -OCH3 is 1. The van der Waals surface area contributed by atoms with Gasteiger partial charge >= 0.3 is 0 Å². The Balaban J connectivity index is 1.65. The molecular weight excluding hydrogens is 386 g/mol. The molecule has 0 saturated carbocycles. The van der Waals surface area contributed by atoms with Crippen LogP contribution in [0.15, 0.2) is 51.7 Å². The van der Waals surface area contributed by atoms with Gasteiger partial charge < -0.3 is 10.1 Å². The van der Waals surface area contributed by atoms with Crippen molar-refractivity contribution in [2.24, 2.45) is 0 Å². The average Bonchev–Trinajstić information content (AvgIpc) is 3.14. The number of hydrogen-bond acceptors (Lipinski definition) is 9. The topological polar surface area (TPSA) is 114 Å². The molecule has 1 N–H and O–H groups in total. The Morgan fingerprint density at radius 3 is 2.74 bits per heavy atom. The van der Waals surface area contributed by atoms with E-state index in [1.165, 1.54) is 35.2 Å². The van der Waals surface area contributed by atoms with E-state index in [0.717, 1.165) is 11.3 Å². The van der Waals surface area contributed by atoms with E-state index in [4.69, 9.17) is 4.74 Å². The van der Waals surface area contributed by atoms with Crippen LogP contribution < -0.4 is 10.1 Å². The molecule has 0 spiro atoms. The number of nitro benzene ring substituents is 1. The van der Waals surface area contributed by atoms with Gasteiger partial charge in [0.2, 0.25) is 5.13 Å². The number of hydrogen-bond donors (Lipinski definition) is 1. The number of ether oxygens (including phenoxy) is 1. The standard InChI is InChI=1S/C17H13N5O3S2/c1-25-14-5-2-11(3-6-14)10-19-16-20-21-17(27-16)26-15-7-4-13(22(23)24)8-12(15)9-18/h2-8H,10H2,1H3,(H,19,20). The van der Waals surface area contributed by atoms with E-state index in [-0.39, 0.29) is 11.3 Å². The van der Waals surface area contributed by atoms with Gasteiger partial charge in [-0.25, -0.2) is 0 Å². The first-order chi connectivity index (χ1) is 13.1. The molecule has 0 saturated heterocycles. The monoisotopic (exact) mass is 399 g/mol. The van der Waals surface area contributed by atoms with Crippen LogP contribution in [0.2, 0.25) is 0 Å². The van der Waals surface area contributed by atoms with E-state index in [1.54, 1.807) is 13.2 Å². The van der Waals surface area contributed by atoms with Gasteiger partial charge in [0.1, 0.15) is 11.8 Å². The molecule has 10 heteroatoms. The second-order valence-electron chi connectivity index (χ2n) is 5.23. The molecule has 0 aliphatic rings. The van der Waals surface area contributed by atoms with E-state index in [0.29, 0.717) is 20.9 Å². The van der Waals surface area contributed by atoms with Gasteiger partial charge in [0.15, 0.2) is 4.34 Å². The molecule has 0 aliphatic carbocycles. The molecule has 8 nitrogen and oxygen atoms in total. The molecule has 0 atom stereocenters. The molecule has 27 heavy (non-hydrogen) atoms. The maximum atomic E-state index is 10.8. The highest BCUT2D eigenvalue weighted by atomic mass is 32.2. The molecular formula is C17H13N5O3S2. The van der Waals surface area contributed by atoms with E-state index in [1.807, 2.05) is 30.3 Å². The minimum absolute atomic E-state index is 0.116. The van der Waals surface area contributed by atoms with Gasteiger partial charge in [0.25, 0.3) is 5.69 Å². The summed E-state index contributed by atoms with van der Waals surface area (Å²) in [5, 5.41) is 32.0. The first-order valence-corrected chi connectivity index (χ1v) is 9.29. The van der Waals surface area contributed by atoms with Gasteiger partial charge in [0, 0.05) is 23.6 Å². The molecule has 0 unspecified atom stereocenters. The van der Waals surface area contributed by atoms with Gasteiger partial charge in [-0.05, 0) is 23.8 Å². The minimum atomic E-state index is -0.526. The zero-order valence-corrected chi connectivity index (χ0v) is 15.7. The number of benzene rings is 2. The van der Waals surface area contributed by atoms with E-state index in [9.17, 15) is 15.4 Å². The zero-order valence-electron chi connectivity index (χ0n) is 14.1. The van der Waals surface area contributed by atoms with Crippen LogP contribution in [0, 0.1) is 21.4 Å². The van der Waals surface area contributed by atoms with Crippen LogP contribution >= 0.6 is 23.1 Å². The fourth-order valence-corrected chi connectivity index (χ4v) is 3.91. The smallest absolute Gasteiger partial charge is 0.270 e. The van der Waals surface area contributed by atoms with Crippen molar-refractivity contribution in [3.63, 3.8) is 0 Å². The lowest BCUT2D eigenvalue weighted by molar-refractivity contribution is -0.384. The van der Waals surface area contributed by atoms with Gasteiger partial charge in [-0.1, -0.05) is 35.2 Å². The van der Waals surface area contributed by atoms with Crippen molar-refractivity contribution in [1.82, 2.24) is 10.2 Å². The fourth-order valence-electron chi connectivity index (χ4n) is 2.15. The number of anilines is 1. The Morgan fingerprint density at radius 2 is 2.07 bits per heavy atom. The molecule has 2 aromatic carbocycles. The molecule has 3 rings (SSSR count). The van der Waals surface area contributed by atoms with Crippen molar-refractivity contribution in [3.8, 4) is 11.8 Å². The summed E-state index contributed by atoms with van der Waals surface area (Å²) >= 11 is 2.60. The van der Waals surface area contributed by atoms with E-state index >= 15 is 0 Å². The summed E-state index contributed by atoms with van der Waals surface area (Å²) in [6, 6.07) is 13.8. The summed E-state index contributed by atoms with van der Waals surface area (Å²) in [5.74, 6) is 0.796. The molecule has 0 amide bonds. The van der Waals surface area contributed by atoms with Crippen LogP contribution in [0.3, 0.4) is 0 Å². The highest BCUT2D eigenvalue weighted by Gasteiger charge is 2.14. The summed E-state index contributed by atoms with van der Waals surface area (Å²) in [7, 11) is 1.62. The highest BCUT2D eigenvalue weighted by Crippen LogP contribution is 2.35. The second-order valence-corrected chi connectivity index (χ2v) is 7.49. The number of rotatable bonds is 7. The molecule has 136 valence electrons. The molecule has 1 heterocycles. The number of aromatic nitrogens is 2. The van der Waals surface area contributed by atoms with Crippen molar-refractivity contribution in [1.29, 1.82) is 5.26 Å². The summed E-state index contributed by atoms with van der Waals surface area (Å²) in [6.07, 6.45) is 0. The van der Waals surface area contributed by atoms with Gasteiger partial charge in [-0.15, -0.1) is 10.2 Å². The normalized spacial score (nSPS) is 10.2. The number of nitro groups is 1. The Labute approximate surface area is 163 Å². The number of non-ortho nitro benzene ring substituents is 1. The van der Waals surface area contributed by atoms with Crippen LogP contribution in [0.1, 0.15) is 11.1 Å². The van der Waals surface area contributed by atoms with Crippen LogP contribution in [-0.2, 0) is 6.54 Å². The third-order valence-corrected chi connectivity index (χ3v) is 5.51. The van der Waals surface area contributed by atoms with Crippen molar-refractivity contribution < 1.29 is 9.66 Å². The predicted molar refractivity (Wildman–Crippen MR) is 102 cm³/mol. The van der Waals surface area contributed by atoms with E-state index in [2.05, 4.69) is 15.5 Å². The quantitative estimate of drug-likeness (QED) is 0.467. The lowest BCUT2D eigenvalue weighted by Gasteiger charge is -2.04. The lowest BCUT2D eigenvalue weighted by Crippen LogP contribution is -1.98. The summed E-state index contributed by atoms with van der Waals surface area (Å²) < 4.78 is 5.76. The summed E-state index contributed by atoms with van der Waals surface area (Å²) in [4.78, 5) is 10.9. The lowest BCUT2D eigenvalue weighted by atomic mass is 10.2. The Kier molecular flexibility index (Phi) is 5.85. The first kappa shape index (κ1) is 18.6. The van der Waals surface area contributed by atoms with Crippen LogP contribution in [0.25, 0.3) is 0 Å². The number of nitriles is 1. The first-order valence-electron chi connectivity index (χ1n) is 7.65. The summed E-state index contributed by atoms with van der Waals surface area (Å²) in [6.45, 7) is 0.588. The van der Waals surface area contributed by atoms with Gasteiger partial charge in [-0.2, -0.15) is 5.26 Å². The Morgan fingerprint density at radius 1 is 1.30 bits per heavy atom. The zero-order chi connectivity index (χ0) is 19.2. The molecule has 0 fully saturated rings. The van der Waals surface area contributed by atoms with Gasteiger partial charge in [-0.3, -0.25) is 10.1 Å². The van der Waals surface area contributed by atoms with Crippen LogP contribution in [0.4, 0.5) is 10.8 Å². The SMILES string of the molecule is COc1ccc(CNc2nnc(Sc3ccc([N+](=O)[O-])cc3C#N)s2)cc1. The fraction of sp³-hybridized carbons (Fsp3) is 0.118.